The molecule has 0 aliphatic carbocycles. The number of anilines is 1. The Kier molecular flexibility index (Phi) is 4.33. The first-order valence-electron chi connectivity index (χ1n) is 8.13. The second-order valence-electron chi connectivity index (χ2n) is 6.43. The average molecular weight is 308 g/mol. The predicted octanol–water partition coefficient (Wildman–Crippen LogP) is 3.61. The third-order valence-electron chi connectivity index (χ3n) is 4.26. The van der Waals surface area contributed by atoms with Crippen LogP contribution in [0.15, 0.2) is 42.1 Å². The normalized spacial score (nSPS) is 14.9. The van der Waals surface area contributed by atoms with Crippen molar-refractivity contribution < 1.29 is 0 Å². The van der Waals surface area contributed by atoms with E-state index in [4.69, 9.17) is 5.41 Å². The van der Waals surface area contributed by atoms with Crippen LogP contribution in [0, 0.1) is 12.3 Å². The molecule has 1 N–H and O–H groups in total. The molecule has 0 radical (unpaired) electrons. The lowest BCUT2D eigenvalue weighted by molar-refractivity contribution is 0.386. The van der Waals surface area contributed by atoms with Crippen LogP contribution in [0.5, 0.6) is 0 Å². The molecule has 0 spiro atoms. The van der Waals surface area contributed by atoms with Crippen LogP contribution in [0.2, 0.25) is 0 Å². The number of hydrogen-bond donors (Lipinski definition) is 1. The van der Waals surface area contributed by atoms with Gasteiger partial charge in [-0.1, -0.05) is 17.7 Å². The molecule has 0 atom stereocenters. The highest BCUT2D eigenvalue weighted by molar-refractivity contribution is 5.93. The number of aryl methyl sites for hydroxylation is 1. The lowest BCUT2D eigenvalue weighted by atomic mass is 10.1. The van der Waals surface area contributed by atoms with Crippen LogP contribution in [0.1, 0.15) is 19.4 Å². The first kappa shape index (κ1) is 15.5. The summed E-state index contributed by atoms with van der Waals surface area (Å²) >= 11 is 0. The largest absolute Gasteiger partial charge is 0.367 e. The summed E-state index contributed by atoms with van der Waals surface area (Å²) in [7, 11) is 0. The Hall–Kier alpha value is -2.36. The molecule has 2 aromatic rings. The first-order chi connectivity index (χ1) is 11.0. The molecule has 23 heavy (non-hydrogen) atoms. The lowest BCUT2D eigenvalue weighted by Gasteiger charge is -2.37. The zero-order chi connectivity index (χ0) is 16.4. The van der Waals surface area contributed by atoms with E-state index in [2.05, 4.69) is 46.0 Å². The van der Waals surface area contributed by atoms with Crippen LogP contribution in [-0.2, 0) is 0 Å². The molecule has 2 heterocycles. The fourth-order valence-electron chi connectivity index (χ4n) is 3.07. The van der Waals surface area contributed by atoms with Gasteiger partial charge in [-0.3, -0.25) is 10.4 Å². The number of aromatic nitrogens is 1. The molecule has 1 saturated heterocycles. The fourth-order valence-corrected chi connectivity index (χ4v) is 3.07. The molecule has 1 aromatic heterocycles. The summed E-state index contributed by atoms with van der Waals surface area (Å²) in [6.45, 7) is 9.82. The number of nitrogens with one attached hydrogen (secondary N) is 1. The number of hydrogen-bond acceptors (Lipinski definition) is 3. The van der Waals surface area contributed by atoms with Crippen molar-refractivity contribution in [2.45, 2.75) is 20.8 Å². The minimum atomic E-state index is 0.625. The summed E-state index contributed by atoms with van der Waals surface area (Å²) < 4.78 is 0. The van der Waals surface area contributed by atoms with Crippen molar-refractivity contribution in [2.75, 3.05) is 31.1 Å². The van der Waals surface area contributed by atoms with Crippen molar-refractivity contribution in [1.82, 2.24) is 9.88 Å². The quantitative estimate of drug-likeness (QED) is 0.681. The fraction of sp³-hybridized carbons (Fsp3) is 0.368. The Balaban J connectivity index is 1.78. The van der Waals surface area contributed by atoms with Gasteiger partial charge >= 0.3 is 0 Å². The van der Waals surface area contributed by atoms with Gasteiger partial charge in [-0.2, -0.15) is 0 Å². The van der Waals surface area contributed by atoms with Gasteiger partial charge in [0.25, 0.3) is 0 Å². The number of rotatable bonds is 2. The summed E-state index contributed by atoms with van der Waals surface area (Å²) in [4.78, 5) is 9.05. The number of piperazine rings is 1. The van der Waals surface area contributed by atoms with Crippen LogP contribution < -0.4 is 4.90 Å². The van der Waals surface area contributed by atoms with E-state index in [0.717, 1.165) is 31.7 Å². The summed E-state index contributed by atoms with van der Waals surface area (Å²) in [6.07, 6.45) is 3.84. The molecule has 1 aliphatic heterocycles. The maximum absolute atomic E-state index is 8.16. The summed E-state index contributed by atoms with van der Waals surface area (Å²) in [6, 6.07) is 8.56. The molecule has 0 amide bonds. The Labute approximate surface area is 137 Å². The number of allylic oxidation sites excluding steroid dienone is 1. The highest BCUT2D eigenvalue weighted by Gasteiger charge is 2.19. The molecule has 3 rings (SSSR count). The van der Waals surface area contributed by atoms with E-state index in [0.29, 0.717) is 5.84 Å². The van der Waals surface area contributed by atoms with Gasteiger partial charge in [-0.25, -0.2) is 0 Å². The molecule has 1 fully saturated rings. The average Bonchev–Trinajstić information content (AvgIpc) is 2.53. The molecular formula is C19H24N4. The third kappa shape index (κ3) is 3.36. The maximum atomic E-state index is 8.16. The number of fused-ring (bicyclic) bond motifs is 1. The Morgan fingerprint density at radius 1 is 1.13 bits per heavy atom. The van der Waals surface area contributed by atoms with E-state index < -0.39 is 0 Å². The van der Waals surface area contributed by atoms with Crippen LogP contribution in [0.25, 0.3) is 10.9 Å². The zero-order valence-corrected chi connectivity index (χ0v) is 14.1. The van der Waals surface area contributed by atoms with E-state index in [1.165, 1.54) is 22.2 Å². The van der Waals surface area contributed by atoms with E-state index in [1.54, 1.807) is 0 Å². The smallest absolute Gasteiger partial charge is 0.120 e. The summed E-state index contributed by atoms with van der Waals surface area (Å²) in [5.41, 5.74) is 4.72. The van der Waals surface area contributed by atoms with Crippen molar-refractivity contribution in [1.29, 1.82) is 5.41 Å². The van der Waals surface area contributed by atoms with Gasteiger partial charge in [-0.15, -0.1) is 0 Å². The molecule has 1 aliphatic rings. The Bertz CT molecular complexity index is 751. The van der Waals surface area contributed by atoms with Crippen LogP contribution >= 0.6 is 0 Å². The van der Waals surface area contributed by atoms with Crippen LogP contribution in [0.4, 0.5) is 5.69 Å². The third-order valence-corrected chi connectivity index (χ3v) is 4.26. The summed E-state index contributed by atoms with van der Waals surface area (Å²) in [5, 5.41) is 9.37. The minimum Gasteiger partial charge on any atom is -0.367 e. The van der Waals surface area contributed by atoms with Gasteiger partial charge in [-0.05, 0) is 44.5 Å². The van der Waals surface area contributed by atoms with Gasteiger partial charge in [0, 0.05) is 43.4 Å². The molecular weight excluding hydrogens is 284 g/mol. The minimum absolute atomic E-state index is 0.625. The van der Waals surface area contributed by atoms with Gasteiger partial charge in [0.1, 0.15) is 5.84 Å². The van der Waals surface area contributed by atoms with Gasteiger partial charge in [0.05, 0.1) is 5.52 Å². The SMILES string of the molecule is CC(C)=CC(=N)N1CCN(c2ccnc3cc(C)ccc23)CC1. The Morgan fingerprint density at radius 3 is 2.57 bits per heavy atom. The second kappa shape index (κ2) is 6.41. The molecule has 4 heteroatoms. The van der Waals surface area contributed by atoms with Crippen LogP contribution in [-0.4, -0.2) is 41.9 Å². The standard InChI is InChI=1S/C19H24N4/c1-14(2)12-19(20)23-10-8-22(9-11-23)18-6-7-21-17-13-15(3)4-5-16(17)18/h4-7,12-13,20H,8-11H2,1-3H3. The van der Waals surface area contributed by atoms with Gasteiger partial charge in [0.2, 0.25) is 0 Å². The monoisotopic (exact) mass is 308 g/mol. The molecule has 0 bridgehead atoms. The van der Waals surface area contributed by atoms with E-state index in [1.807, 2.05) is 26.1 Å². The van der Waals surface area contributed by atoms with Crippen molar-refractivity contribution in [3.05, 3.63) is 47.7 Å². The second-order valence-corrected chi connectivity index (χ2v) is 6.43. The van der Waals surface area contributed by atoms with Gasteiger partial charge in [0.15, 0.2) is 0 Å². The lowest BCUT2D eigenvalue weighted by Crippen LogP contribution is -2.48. The molecule has 4 nitrogen and oxygen atoms in total. The maximum Gasteiger partial charge on any atom is 0.120 e. The van der Waals surface area contributed by atoms with Crippen LogP contribution in [0.3, 0.4) is 0 Å². The Morgan fingerprint density at radius 2 is 1.87 bits per heavy atom. The topological polar surface area (TPSA) is 43.2 Å². The number of amidine groups is 1. The molecule has 0 unspecified atom stereocenters. The van der Waals surface area contributed by atoms with E-state index in [-0.39, 0.29) is 0 Å². The zero-order valence-electron chi connectivity index (χ0n) is 14.1. The van der Waals surface area contributed by atoms with Crippen molar-refractivity contribution in [3.8, 4) is 0 Å². The van der Waals surface area contributed by atoms with Gasteiger partial charge < -0.3 is 9.80 Å². The highest BCUT2D eigenvalue weighted by atomic mass is 15.3. The summed E-state index contributed by atoms with van der Waals surface area (Å²) in [5.74, 6) is 0.625. The highest BCUT2D eigenvalue weighted by Crippen LogP contribution is 2.27. The van der Waals surface area contributed by atoms with Crippen molar-refractivity contribution >= 4 is 22.4 Å². The molecule has 0 saturated carbocycles. The van der Waals surface area contributed by atoms with Crippen molar-refractivity contribution in [3.63, 3.8) is 0 Å². The predicted molar refractivity (Wildman–Crippen MR) is 97.4 cm³/mol. The number of benzene rings is 1. The van der Waals surface area contributed by atoms with E-state index >= 15 is 0 Å². The van der Waals surface area contributed by atoms with Crippen molar-refractivity contribution in [2.24, 2.45) is 0 Å². The molecule has 1 aromatic carbocycles. The first-order valence-corrected chi connectivity index (χ1v) is 8.13. The van der Waals surface area contributed by atoms with E-state index in [9.17, 15) is 0 Å². The number of nitrogens with zero attached hydrogens (tertiary/aromatic N) is 3. The number of pyridine rings is 1. The molecule has 120 valence electrons.